The van der Waals surface area contributed by atoms with Crippen LogP contribution in [0.3, 0.4) is 0 Å². The van der Waals surface area contributed by atoms with E-state index < -0.39 is 57.2 Å². The van der Waals surface area contributed by atoms with Gasteiger partial charge in [-0.05, 0) is 135 Å². The molecule has 0 bridgehead atoms. The first-order chi connectivity index (χ1) is 35.8. The molecular weight excluding hydrogens is 1180 g/mol. The number of aromatic nitrogens is 4. The van der Waals surface area contributed by atoms with E-state index in [1.165, 1.54) is 16.7 Å². The van der Waals surface area contributed by atoms with E-state index in [9.17, 15) is 28.7 Å². The number of carboxylic acid groups (broad SMARTS) is 1. The van der Waals surface area contributed by atoms with Crippen molar-refractivity contribution in [1.29, 1.82) is 0 Å². The summed E-state index contributed by atoms with van der Waals surface area (Å²) in [6.45, 7) is 28.3. The van der Waals surface area contributed by atoms with Gasteiger partial charge in [0.05, 0.1) is 22.7 Å². The molecule has 2 fully saturated rings. The Balaban J connectivity index is 0.000000441. The van der Waals surface area contributed by atoms with Gasteiger partial charge in [0.1, 0.15) is 51.5 Å². The fourth-order valence-electron chi connectivity index (χ4n) is 7.92. The number of piperidine rings is 2. The van der Waals surface area contributed by atoms with Crippen LogP contribution in [0.2, 0.25) is 51.4 Å². The Morgan fingerprint density at radius 3 is 1.56 bits per heavy atom. The molecule has 6 rings (SSSR count). The number of alkyl carbamates (subject to hydrolysis) is 2. The van der Waals surface area contributed by atoms with E-state index in [0.29, 0.717) is 59.1 Å². The standard InChI is InChI=1S/C26H39BrFN5O4Si.C16H24FN3O2.C10H17BrN2O3Si.CH4.Li/c1-26(2,3)37-25(35)29-18-9-8-12-32(15-18)22-19(28)10-7-11-20(22)30-24(34)23-31-21(27)16-33(23)17-36-13-14-38(4,5)6;1-16(2,3)22-15(21)19-11-6-5-9-20(10-11)14-12(17)7-4-8-13(14)18;1-17(2,3)5-4-16-7-13-6-8(11)12-9(13)10(14)15;;/h7,10-11,16,18H,8-9,12-15,17H2,1-6H3,(H,29,35)(H,30,34);4,7-8,11H,5-6,9-10,18H2,1-3H3,(H,19,21);6H,4-5,7H2,1-3H3,(H,14,15);1H4;/q;;;;+1/p-1/t18-;11-;;;/m11.../s1. The van der Waals surface area contributed by atoms with E-state index in [0.717, 1.165) is 44.3 Å². The number of rotatable bonds is 17. The van der Waals surface area contributed by atoms with E-state index in [1.807, 2.05) is 30.6 Å². The number of halogens is 4. The molecule has 2 aromatic heterocycles. The van der Waals surface area contributed by atoms with E-state index in [4.69, 9.17) is 24.7 Å². The number of carboxylic acids is 1. The van der Waals surface area contributed by atoms with Crippen molar-refractivity contribution < 1.29 is 70.9 Å². The van der Waals surface area contributed by atoms with Crippen molar-refractivity contribution in [2.24, 2.45) is 0 Å². The van der Waals surface area contributed by atoms with Crippen molar-refractivity contribution in [2.75, 3.05) is 60.2 Å². The average Bonchev–Trinajstić information content (AvgIpc) is 3.86. The fraction of sp³-hybridized carbons (Fsp3) is 0.585. The molecule has 0 unspecified atom stereocenters. The number of imidazole rings is 2. The van der Waals surface area contributed by atoms with Crippen molar-refractivity contribution >= 4 is 94.8 Å². The van der Waals surface area contributed by atoms with Gasteiger partial charge in [-0.15, -0.1) is 0 Å². The van der Waals surface area contributed by atoms with Gasteiger partial charge in [-0.1, -0.05) is 58.8 Å². The van der Waals surface area contributed by atoms with Gasteiger partial charge in [0.2, 0.25) is 5.82 Å². The summed E-state index contributed by atoms with van der Waals surface area (Å²) in [5, 5.41) is 19.3. The molecule has 19 nitrogen and oxygen atoms in total. The van der Waals surface area contributed by atoms with Gasteiger partial charge in [0, 0.05) is 80.0 Å². The number of nitrogens with two attached hydrogens (primary N) is 1. The number of hydrogen-bond donors (Lipinski definition) is 4. The number of nitrogens with zero attached hydrogens (tertiary/aromatic N) is 6. The van der Waals surface area contributed by atoms with Gasteiger partial charge in [-0.25, -0.2) is 28.3 Å². The summed E-state index contributed by atoms with van der Waals surface area (Å²) in [6.07, 6.45) is 5.49. The molecule has 2 aliphatic rings. The van der Waals surface area contributed by atoms with Crippen LogP contribution in [0.4, 0.5) is 41.1 Å². The van der Waals surface area contributed by atoms with Crippen LogP contribution in [0.15, 0.2) is 58.0 Å². The summed E-state index contributed by atoms with van der Waals surface area (Å²) in [5.41, 5.74) is 6.18. The van der Waals surface area contributed by atoms with E-state index in [1.54, 1.807) is 62.0 Å². The molecule has 79 heavy (non-hydrogen) atoms. The zero-order valence-corrected chi connectivity index (χ0v) is 52.8. The maximum Gasteiger partial charge on any atom is 1.00 e. The van der Waals surface area contributed by atoms with Gasteiger partial charge < -0.3 is 69.5 Å². The molecule has 4 heterocycles. The smallest absolute Gasteiger partial charge is 0.542 e. The van der Waals surface area contributed by atoms with Crippen molar-refractivity contribution in [3.05, 3.63) is 81.3 Å². The van der Waals surface area contributed by atoms with Crippen LogP contribution in [0.5, 0.6) is 0 Å². The van der Waals surface area contributed by atoms with Crippen molar-refractivity contribution in [3.8, 4) is 0 Å². The second kappa shape index (κ2) is 31.6. The van der Waals surface area contributed by atoms with Crippen LogP contribution >= 0.6 is 31.9 Å². The summed E-state index contributed by atoms with van der Waals surface area (Å²) >= 11 is 6.46. The molecule has 2 aliphatic heterocycles. The van der Waals surface area contributed by atoms with Crippen LogP contribution in [-0.4, -0.2) is 122 Å². The monoisotopic (exact) mass is 1260 g/mol. The topological polar surface area (TPSA) is 232 Å². The molecule has 5 N–H and O–H groups in total. The number of nitrogens with one attached hydrogen (secondary N) is 3. The minimum Gasteiger partial charge on any atom is -0.542 e. The zero-order valence-electron chi connectivity index (χ0n) is 47.6. The molecule has 436 valence electrons. The van der Waals surface area contributed by atoms with Crippen LogP contribution < -0.4 is 55.5 Å². The van der Waals surface area contributed by atoms with Crippen molar-refractivity contribution in [1.82, 2.24) is 29.7 Å². The van der Waals surface area contributed by atoms with E-state index >= 15 is 4.39 Å². The Morgan fingerprint density at radius 2 is 1.13 bits per heavy atom. The molecule has 26 heteroatoms. The Kier molecular flexibility index (Phi) is 28.3. The predicted molar refractivity (Wildman–Crippen MR) is 314 cm³/mol. The van der Waals surface area contributed by atoms with Crippen molar-refractivity contribution in [2.45, 2.75) is 163 Å². The molecule has 0 radical (unpaired) electrons. The maximum absolute atomic E-state index is 15.1. The van der Waals surface area contributed by atoms with Crippen LogP contribution in [0, 0.1) is 11.6 Å². The molecule has 2 saturated heterocycles. The summed E-state index contributed by atoms with van der Waals surface area (Å²) in [5.74, 6) is -2.53. The van der Waals surface area contributed by atoms with Crippen LogP contribution in [0.25, 0.3) is 0 Å². The normalized spacial score (nSPS) is 15.6. The number of para-hydroxylation sites is 2. The predicted octanol–water partition coefficient (Wildman–Crippen LogP) is 7.71. The molecule has 0 saturated carbocycles. The average molecular weight is 1270 g/mol. The number of benzene rings is 2. The number of aromatic carboxylic acids is 1. The van der Waals surface area contributed by atoms with Gasteiger partial charge >= 0.3 is 31.0 Å². The molecule has 2 atom stereocenters. The minimum absolute atomic E-state index is 0. The Hall–Kier alpha value is -4.49. The Morgan fingerprint density at radius 1 is 0.709 bits per heavy atom. The van der Waals surface area contributed by atoms with Crippen LogP contribution in [-0.2, 0) is 32.4 Å². The maximum atomic E-state index is 15.1. The number of hydrogen-bond acceptors (Lipinski definition) is 14. The summed E-state index contributed by atoms with van der Waals surface area (Å²) < 4.78 is 55.1. The van der Waals surface area contributed by atoms with Crippen LogP contribution in [0.1, 0.15) is 95.9 Å². The number of nitrogen functional groups attached to an aromatic ring is 1. The molecule has 0 spiro atoms. The molecule has 0 aliphatic carbocycles. The van der Waals surface area contributed by atoms with Gasteiger partial charge in [0.25, 0.3) is 5.91 Å². The van der Waals surface area contributed by atoms with Gasteiger partial charge in [-0.2, -0.15) is 0 Å². The molecule has 2 aromatic carbocycles. The zero-order chi connectivity index (χ0) is 57.5. The largest absolute Gasteiger partial charge is 1.00 e. The molecule has 4 aromatic rings. The Bertz CT molecular complexity index is 2590. The molecular formula is C53H83Br2F2LiN10O9Si2. The van der Waals surface area contributed by atoms with Gasteiger partial charge in [-0.3, -0.25) is 4.79 Å². The number of ether oxygens (including phenoxy) is 4. The first kappa shape index (κ1) is 70.6. The minimum atomic E-state index is -1.30. The second-order valence-corrected chi connectivity index (χ2v) is 36.2. The van der Waals surface area contributed by atoms with Gasteiger partial charge in [0.15, 0.2) is 5.82 Å². The first-order valence-electron chi connectivity index (χ1n) is 25.7. The molecule has 3 amide bonds. The third-order valence-corrected chi connectivity index (χ3v) is 15.7. The number of anilines is 4. The summed E-state index contributed by atoms with van der Waals surface area (Å²) in [6, 6.07) is 11.0. The SMILES string of the molecule is C.CC(C)(C)OC(=O)N[C@@H]1CCCN(c2c(F)cccc2NC(=O)c2nc(Br)cn2COCC[Si](C)(C)C)C1.CC(C)(C)OC(=O)N[C@@H]1CCCN(c2c(N)cccc2F)C1.C[Si](C)(C)CCOCn1cc(Br)nc1C(=O)[O-].[Li+]. The summed E-state index contributed by atoms with van der Waals surface area (Å²) in [4.78, 5) is 60.0. The number of carbonyl (C=O) groups is 4. The van der Waals surface area contributed by atoms with E-state index in [-0.39, 0.29) is 75.0 Å². The third-order valence-electron chi connectivity index (χ3n) is 11.5. The third kappa shape index (κ3) is 25.5. The van der Waals surface area contributed by atoms with E-state index in [2.05, 4.69) is 97.1 Å². The number of carbonyl (C=O) groups excluding carboxylic acids is 4. The fourth-order valence-corrected chi connectivity index (χ4v) is 10.3. The Labute approximate surface area is 496 Å². The second-order valence-electron chi connectivity index (χ2n) is 23.3. The summed E-state index contributed by atoms with van der Waals surface area (Å²) in [7, 11) is -2.35. The first-order valence-corrected chi connectivity index (χ1v) is 34.7. The number of amides is 3. The quantitative estimate of drug-likeness (QED) is 0.0451. The van der Waals surface area contributed by atoms with Crippen molar-refractivity contribution in [3.63, 3.8) is 0 Å².